The molecule has 30 heavy (non-hydrogen) atoms. The zero-order valence-electron chi connectivity index (χ0n) is 17.0. The number of fused-ring (bicyclic) bond motifs is 1. The van der Waals surface area contributed by atoms with Crippen LogP contribution in [-0.4, -0.2) is 33.8 Å². The van der Waals surface area contributed by atoms with Gasteiger partial charge in [-0.05, 0) is 56.5 Å². The number of halogens is 1. The van der Waals surface area contributed by atoms with Gasteiger partial charge >= 0.3 is 0 Å². The number of nitrogens with zero attached hydrogens (tertiary/aromatic N) is 2. The maximum atomic E-state index is 13.2. The summed E-state index contributed by atoms with van der Waals surface area (Å²) in [7, 11) is 0. The number of hydrogen-bond donors (Lipinski definition) is 0. The van der Waals surface area contributed by atoms with Crippen LogP contribution in [0.4, 0.5) is 0 Å². The molecule has 2 heterocycles. The fourth-order valence-electron chi connectivity index (χ4n) is 3.68. The molecule has 1 atom stereocenters. The lowest BCUT2D eigenvalue weighted by Crippen LogP contribution is -2.29. The second-order valence-corrected chi connectivity index (χ2v) is 9.02. The lowest BCUT2D eigenvalue weighted by molar-refractivity contribution is 0.0937. The number of rotatable bonds is 6. The zero-order valence-corrected chi connectivity index (χ0v) is 18.6. The van der Waals surface area contributed by atoms with Gasteiger partial charge in [0, 0.05) is 17.2 Å². The second-order valence-electron chi connectivity index (χ2n) is 7.64. The molecular formula is C23H23ClN2O3S. The van der Waals surface area contributed by atoms with Crippen LogP contribution in [0.1, 0.15) is 34.3 Å². The van der Waals surface area contributed by atoms with Crippen molar-refractivity contribution in [1.82, 2.24) is 9.55 Å². The third-order valence-corrected chi connectivity index (χ3v) is 6.53. The highest BCUT2D eigenvalue weighted by Gasteiger charge is 2.21. The van der Waals surface area contributed by atoms with Gasteiger partial charge in [-0.3, -0.25) is 14.2 Å². The van der Waals surface area contributed by atoms with Crippen molar-refractivity contribution < 1.29 is 9.53 Å². The molecule has 0 saturated carbocycles. The largest absolute Gasteiger partial charge is 0.376 e. The molecule has 0 aliphatic carbocycles. The van der Waals surface area contributed by atoms with E-state index in [0.29, 0.717) is 39.8 Å². The van der Waals surface area contributed by atoms with Crippen molar-refractivity contribution in [3.05, 3.63) is 68.5 Å². The van der Waals surface area contributed by atoms with E-state index in [4.69, 9.17) is 16.3 Å². The Morgan fingerprint density at radius 2 is 2.10 bits per heavy atom. The van der Waals surface area contributed by atoms with Crippen molar-refractivity contribution in [3.8, 4) is 0 Å². The Morgan fingerprint density at radius 3 is 2.87 bits per heavy atom. The molecule has 0 spiro atoms. The lowest BCUT2D eigenvalue weighted by Gasteiger charge is -2.16. The van der Waals surface area contributed by atoms with E-state index in [1.165, 1.54) is 11.8 Å². The Hall–Kier alpha value is -2.15. The summed E-state index contributed by atoms with van der Waals surface area (Å²) in [4.78, 5) is 30.7. The summed E-state index contributed by atoms with van der Waals surface area (Å²) in [6, 6.07) is 10.9. The van der Waals surface area contributed by atoms with Gasteiger partial charge in [-0.1, -0.05) is 41.1 Å². The smallest absolute Gasteiger partial charge is 0.262 e. The molecule has 1 aliphatic heterocycles. The van der Waals surface area contributed by atoms with Crippen LogP contribution in [-0.2, 0) is 11.3 Å². The van der Waals surface area contributed by atoms with Gasteiger partial charge in [-0.15, -0.1) is 0 Å². The molecule has 5 nitrogen and oxygen atoms in total. The van der Waals surface area contributed by atoms with Crippen LogP contribution in [0.5, 0.6) is 0 Å². The van der Waals surface area contributed by atoms with E-state index in [-0.39, 0.29) is 23.2 Å². The van der Waals surface area contributed by atoms with Crippen molar-refractivity contribution >= 4 is 40.0 Å². The van der Waals surface area contributed by atoms with E-state index < -0.39 is 0 Å². The third kappa shape index (κ3) is 4.46. The molecule has 1 fully saturated rings. The van der Waals surface area contributed by atoms with Crippen LogP contribution < -0.4 is 5.56 Å². The highest BCUT2D eigenvalue weighted by Crippen LogP contribution is 2.24. The first-order valence-electron chi connectivity index (χ1n) is 9.97. The van der Waals surface area contributed by atoms with Gasteiger partial charge in [0.25, 0.3) is 5.56 Å². The quantitative estimate of drug-likeness (QED) is 0.311. The first-order chi connectivity index (χ1) is 14.4. The van der Waals surface area contributed by atoms with Crippen molar-refractivity contribution in [2.24, 2.45) is 0 Å². The fourth-order valence-corrected chi connectivity index (χ4v) is 4.74. The number of Topliss-reactive ketones (excluding diaryl/α,β-unsaturated/α-hetero) is 1. The fraction of sp³-hybridized carbons (Fsp3) is 0.348. The van der Waals surface area contributed by atoms with E-state index in [2.05, 4.69) is 4.98 Å². The number of carbonyl (C=O) groups excluding carboxylic acids is 1. The van der Waals surface area contributed by atoms with E-state index >= 15 is 0 Å². The molecule has 0 N–H and O–H groups in total. The predicted octanol–water partition coefficient (Wildman–Crippen LogP) is 4.82. The summed E-state index contributed by atoms with van der Waals surface area (Å²) >= 11 is 7.40. The van der Waals surface area contributed by atoms with Crippen LogP contribution in [0.2, 0.25) is 5.02 Å². The Balaban J connectivity index is 1.68. The first-order valence-corrected chi connectivity index (χ1v) is 11.3. The van der Waals surface area contributed by atoms with Crippen LogP contribution in [0.25, 0.3) is 10.9 Å². The van der Waals surface area contributed by atoms with Crippen LogP contribution in [0, 0.1) is 13.8 Å². The molecule has 0 amide bonds. The number of aromatic nitrogens is 2. The Labute approximate surface area is 184 Å². The summed E-state index contributed by atoms with van der Waals surface area (Å²) in [5.41, 5.74) is 3.11. The minimum atomic E-state index is -0.131. The van der Waals surface area contributed by atoms with Crippen LogP contribution >= 0.6 is 23.4 Å². The molecule has 0 bridgehead atoms. The maximum Gasteiger partial charge on any atom is 0.262 e. The molecular weight excluding hydrogens is 420 g/mol. The Morgan fingerprint density at radius 1 is 1.27 bits per heavy atom. The number of benzene rings is 2. The molecule has 0 radical (unpaired) electrons. The summed E-state index contributed by atoms with van der Waals surface area (Å²) in [5, 5.41) is 1.56. The number of ether oxygens (including phenoxy) is 1. The van der Waals surface area contributed by atoms with Crippen LogP contribution in [0.3, 0.4) is 0 Å². The van der Waals surface area contributed by atoms with Crippen molar-refractivity contribution in [1.29, 1.82) is 0 Å². The molecule has 1 saturated heterocycles. The lowest BCUT2D eigenvalue weighted by atomic mass is 10.0. The van der Waals surface area contributed by atoms with Crippen molar-refractivity contribution in [3.63, 3.8) is 0 Å². The number of aryl methyl sites for hydroxylation is 2. The Kier molecular flexibility index (Phi) is 6.27. The molecule has 0 unspecified atom stereocenters. The highest BCUT2D eigenvalue weighted by molar-refractivity contribution is 7.99. The summed E-state index contributed by atoms with van der Waals surface area (Å²) in [6.07, 6.45) is 1.89. The molecule has 7 heteroatoms. The standard InChI is InChI=1S/C23H23ClN2O3S/c1-14-5-6-15(2)19(10-14)21(27)13-30-23-25-20-11-16(24)7-8-18(20)22(28)26(23)12-17-4-3-9-29-17/h5-8,10-11,17H,3-4,9,12-13H2,1-2H3/t17-/m1/s1. The third-order valence-electron chi connectivity index (χ3n) is 5.32. The predicted molar refractivity (Wildman–Crippen MR) is 121 cm³/mol. The molecule has 1 aliphatic rings. The number of hydrogen-bond acceptors (Lipinski definition) is 5. The summed E-state index contributed by atoms with van der Waals surface area (Å²) in [6.45, 7) is 5.05. The normalized spacial score (nSPS) is 16.3. The van der Waals surface area contributed by atoms with Gasteiger partial charge in [-0.25, -0.2) is 4.98 Å². The molecule has 2 aromatic carbocycles. The molecule has 4 rings (SSSR count). The topological polar surface area (TPSA) is 61.2 Å². The number of thioether (sulfide) groups is 1. The van der Waals surface area contributed by atoms with Gasteiger partial charge in [0.1, 0.15) is 0 Å². The minimum Gasteiger partial charge on any atom is -0.376 e. The number of carbonyl (C=O) groups is 1. The molecule has 1 aromatic heterocycles. The van der Waals surface area contributed by atoms with Gasteiger partial charge in [0.15, 0.2) is 10.9 Å². The van der Waals surface area contributed by atoms with Gasteiger partial charge in [0.05, 0.1) is 29.3 Å². The van der Waals surface area contributed by atoms with Crippen molar-refractivity contribution in [2.75, 3.05) is 12.4 Å². The van der Waals surface area contributed by atoms with E-state index in [0.717, 1.165) is 24.0 Å². The van der Waals surface area contributed by atoms with Gasteiger partial charge in [0.2, 0.25) is 0 Å². The average molecular weight is 443 g/mol. The van der Waals surface area contributed by atoms with Gasteiger partial charge in [-0.2, -0.15) is 0 Å². The van der Waals surface area contributed by atoms with Crippen molar-refractivity contribution in [2.45, 2.75) is 44.5 Å². The first kappa shape index (κ1) is 21.1. The Bertz CT molecular complexity index is 1170. The van der Waals surface area contributed by atoms with E-state index in [9.17, 15) is 9.59 Å². The minimum absolute atomic E-state index is 0.0108. The molecule has 156 valence electrons. The SMILES string of the molecule is Cc1ccc(C)c(C(=O)CSc2nc3cc(Cl)ccc3c(=O)n2C[C@H]2CCCO2)c1. The molecule has 3 aromatic rings. The zero-order chi connectivity index (χ0) is 21.3. The maximum absolute atomic E-state index is 13.2. The van der Waals surface area contributed by atoms with Gasteiger partial charge < -0.3 is 4.74 Å². The second kappa shape index (κ2) is 8.92. The van der Waals surface area contributed by atoms with Crippen LogP contribution in [0.15, 0.2) is 46.3 Å². The average Bonchev–Trinajstić information content (AvgIpc) is 3.23. The summed E-state index contributed by atoms with van der Waals surface area (Å²) < 4.78 is 7.38. The van der Waals surface area contributed by atoms with E-state index in [1.807, 2.05) is 32.0 Å². The monoisotopic (exact) mass is 442 g/mol. The summed E-state index contributed by atoms with van der Waals surface area (Å²) in [5.74, 6) is 0.222. The highest BCUT2D eigenvalue weighted by atomic mass is 35.5. The van der Waals surface area contributed by atoms with E-state index in [1.54, 1.807) is 22.8 Å². The number of ketones is 1.